The van der Waals surface area contributed by atoms with E-state index in [0.29, 0.717) is 37.5 Å². The van der Waals surface area contributed by atoms with Gasteiger partial charge in [0.15, 0.2) is 11.1 Å². The number of azo groups is 1. The molecule has 0 aromatic rings. The number of nitriles is 2. The summed E-state index contributed by atoms with van der Waals surface area (Å²) < 4.78 is 0. The van der Waals surface area contributed by atoms with Crippen LogP contribution >= 0.6 is 0 Å². The van der Waals surface area contributed by atoms with Crippen LogP contribution in [0.3, 0.4) is 0 Å². The first-order valence-electron chi connectivity index (χ1n) is 8.55. The van der Waals surface area contributed by atoms with Gasteiger partial charge in [0, 0.05) is 0 Å². The lowest BCUT2D eigenvalue weighted by atomic mass is 9.86. The molecule has 0 radical (unpaired) electrons. The van der Waals surface area contributed by atoms with Crippen LogP contribution in [0.2, 0.25) is 0 Å². The first-order valence-corrected chi connectivity index (χ1v) is 8.55. The Labute approximate surface area is 136 Å². The van der Waals surface area contributed by atoms with Gasteiger partial charge < -0.3 is 0 Å². The third kappa shape index (κ3) is 6.56. The zero-order valence-electron chi connectivity index (χ0n) is 15.2. The van der Waals surface area contributed by atoms with E-state index in [1.807, 2.05) is 0 Å². The van der Waals surface area contributed by atoms with Gasteiger partial charge in [0.05, 0.1) is 12.1 Å². The Hall–Kier alpha value is -1.42. The lowest BCUT2D eigenvalue weighted by Crippen LogP contribution is -2.30. The lowest BCUT2D eigenvalue weighted by molar-refractivity contribution is 0.331. The van der Waals surface area contributed by atoms with E-state index in [2.05, 4.69) is 63.9 Å². The van der Waals surface area contributed by atoms with Gasteiger partial charge >= 0.3 is 0 Å². The van der Waals surface area contributed by atoms with E-state index >= 15 is 0 Å². The van der Waals surface area contributed by atoms with Gasteiger partial charge in [0.1, 0.15) is 0 Å². The van der Waals surface area contributed by atoms with Gasteiger partial charge in [0.25, 0.3) is 0 Å². The summed E-state index contributed by atoms with van der Waals surface area (Å²) in [5.74, 6) is 0.746. The number of rotatable bonds is 10. The second-order valence-corrected chi connectivity index (χ2v) is 7.18. The molecule has 0 amide bonds. The van der Waals surface area contributed by atoms with Gasteiger partial charge in [-0.25, -0.2) is 0 Å². The zero-order valence-corrected chi connectivity index (χ0v) is 15.2. The fraction of sp³-hybridized carbons (Fsp3) is 0.889. The molecule has 0 aromatic heterocycles. The lowest BCUT2D eigenvalue weighted by Gasteiger charge is -2.27. The highest BCUT2D eigenvalue weighted by atomic mass is 15.2. The van der Waals surface area contributed by atoms with Crippen molar-refractivity contribution in [2.45, 2.75) is 91.1 Å². The van der Waals surface area contributed by atoms with Gasteiger partial charge in [0.2, 0.25) is 0 Å². The average Bonchev–Trinajstić information content (AvgIpc) is 2.44. The Morgan fingerprint density at radius 1 is 0.773 bits per heavy atom. The van der Waals surface area contributed by atoms with Crippen LogP contribution in [0.5, 0.6) is 0 Å². The van der Waals surface area contributed by atoms with Crippen molar-refractivity contribution in [2.24, 2.45) is 22.1 Å². The Morgan fingerprint density at radius 3 is 1.27 bits per heavy atom. The second-order valence-electron chi connectivity index (χ2n) is 7.18. The molecule has 0 aromatic carbocycles. The van der Waals surface area contributed by atoms with Gasteiger partial charge in [-0.1, -0.05) is 54.4 Å². The molecule has 0 rings (SSSR count). The van der Waals surface area contributed by atoms with Crippen molar-refractivity contribution in [3.63, 3.8) is 0 Å². The molecule has 0 aliphatic heterocycles. The van der Waals surface area contributed by atoms with E-state index in [1.165, 1.54) is 0 Å². The summed E-state index contributed by atoms with van der Waals surface area (Å²) in [6, 6.07) is 4.74. The summed E-state index contributed by atoms with van der Waals surface area (Å²) in [4.78, 5) is 0. The Balaban J connectivity index is 5.56. The van der Waals surface area contributed by atoms with Gasteiger partial charge in [-0.15, -0.1) is 0 Å². The first kappa shape index (κ1) is 20.6. The molecule has 2 atom stereocenters. The SMILES string of the molecule is CCCC(C#N)(CC(C)C)N=NC(C#N)(CCC)CC(C)C. The van der Waals surface area contributed by atoms with Crippen molar-refractivity contribution in [1.29, 1.82) is 10.5 Å². The van der Waals surface area contributed by atoms with Crippen molar-refractivity contribution in [1.82, 2.24) is 0 Å². The zero-order chi connectivity index (χ0) is 17.2. The third-order valence-electron chi connectivity index (χ3n) is 3.67. The second kappa shape index (κ2) is 9.57. The topological polar surface area (TPSA) is 72.3 Å². The minimum Gasteiger partial charge on any atom is -0.196 e. The molecule has 0 aliphatic carbocycles. The molecule has 0 bridgehead atoms. The van der Waals surface area contributed by atoms with Crippen molar-refractivity contribution in [2.75, 3.05) is 0 Å². The number of nitrogens with zero attached hydrogens (tertiary/aromatic N) is 4. The summed E-state index contributed by atoms with van der Waals surface area (Å²) in [6.45, 7) is 12.5. The molecule has 4 heteroatoms. The quantitative estimate of drug-likeness (QED) is 0.489. The minimum atomic E-state index is -0.782. The Kier molecular flexibility index (Phi) is 8.95. The van der Waals surface area contributed by atoms with Crippen LogP contribution in [0.15, 0.2) is 10.2 Å². The normalized spacial score (nSPS) is 17.2. The number of hydrogen-bond acceptors (Lipinski definition) is 4. The molecule has 0 N–H and O–H groups in total. The van der Waals surface area contributed by atoms with Crippen molar-refractivity contribution >= 4 is 0 Å². The standard InChI is InChI=1S/C18H32N4/c1-7-9-17(13-19,11-15(3)4)21-22-18(14-20,10-8-2)12-16(5)6/h15-16H,7-12H2,1-6H3. The average molecular weight is 304 g/mol. The molecule has 4 nitrogen and oxygen atoms in total. The monoisotopic (exact) mass is 304 g/mol. The summed E-state index contributed by atoms with van der Waals surface area (Å²) in [7, 11) is 0. The number of hydrogen-bond donors (Lipinski definition) is 0. The van der Waals surface area contributed by atoms with Gasteiger partial charge in [-0.05, 0) is 37.5 Å². The van der Waals surface area contributed by atoms with Crippen LogP contribution in [-0.4, -0.2) is 11.1 Å². The third-order valence-corrected chi connectivity index (χ3v) is 3.67. The fourth-order valence-corrected chi connectivity index (χ4v) is 3.00. The predicted molar refractivity (Wildman–Crippen MR) is 90.3 cm³/mol. The molecule has 0 heterocycles. The van der Waals surface area contributed by atoms with Crippen LogP contribution in [0.1, 0.15) is 80.1 Å². The maximum Gasteiger partial charge on any atom is 0.167 e. The summed E-state index contributed by atoms with van der Waals surface area (Å²) >= 11 is 0. The van der Waals surface area contributed by atoms with E-state index in [1.54, 1.807) is 0 Å². The van der Waals surface area contributed by atoms with E-state index in [9.17, 15) is 10.5 Å². The molecule has 0 saturated carbocycles. The van der Waals surface area contributed by atoms with Crippen molar-refractivity contribution in [3.05, 3.63) is 0 Å². The summed E-state index contributed by atoms with van der Waals surface area (Å²) in [5.41, 5.74) is -1.56. The Bertz CT molecular complexity index is 387. The largest absolute Gasteiger partial charge is 0.196 e. The van der Waals surface area contributed by atoms with E-state index in [4.69, 9.17) is 0 Å². The first-order chi connectivity index (χ1) is 10.3. The fourth-order valence-electron chi connectivity index (χ4n) is 3.00. The molecule has 22 heavy (non-hydrogen) atoms. The van der Waals surface area contributed by atoms with Crippen LogP contribution in [0, 0.1) is 34.5 Å². The highest BCUT2D eigenvalue weighted by molar-refractivity contribution is 5.11. The highest BCUT2D eigenvalue weighted by Gasteiger charge is 2.35. The molecule has 0 aliphatic rings. The van der Waals surface area contributed by atoms with Crippen LogP contribution in [0.25, 0.3) is 0 Å². The van der Waals surface area contributed by atoms with Crippen molar-refractivity contribution < 1.29 is 0 Å². The van der Waals surface area contributed by atoms with Crippen molar-refractivity contribution in [3.8, 4) is 12.1 Å². The highest BCUT2D eigenvalue weighted by Crippen LogP contribution is 2.32. The predicted octanol–water partition coefficient (Wildman–Crippen LogP) is 5.66. The van der Waals surface area contributed by atoms with Gasteiger partial charge in [-0.3, -0.25) is 0 Å². The maximum absolute atomic E-state index is 9.65. The molecule has 2 unspecified atom stereocenters. The summed E-state index contributed by atoms with van der Waals surface area (Å²) in [5, 5.41) is 28.2. The summed E-state index contributed by atoms with van der Waals surface area (Å²) in [6.07, 6.45) is 4.54. The maximum atomic E-state index is 9.65. The molecule has 0 spiro atoms. The van der Waals surface area contributed by atoms with E-state index < -0.39 is 11.1 Å². The van der Waals surface area contributed by atoms with Crippen LogP contribution in [0.4, 0.5) is 0 Å². The molecule has 0 saturated heterocycles. The molecular formula is C18H32N4. The molecule has 0 fully saturated rings. The van der Waals surface area contributed by atoms with E-state index in [0.717, 1.165) is 12.8 Å². The minimum absolute atomic E-state index is 0.373. The van der Waals surface area contributed by atoms with E-state index in [-0.39, 0.29) is 0 Å². The molecule has 124 valence electrons. The Morgan fingerprint density at radius 2 is 1.09 bits per heavy atom. The van der Waals surface area contributed by atoms with Crippen LogP contribution in [-0.2, 0) is 0 Å². The van der Waals surface area contributed by atoms with Gasteiger partial charge in [-0.2, -0.15) is 20.8 Å². The van der Waals surface area contributed by atoms with Crippen LogP contribution < -0.4 is 0 Å². The smallest absolute Gasteiger partial charge is 0.167 e. The molecular weight excluding hydrogens is 272 g/mol.